The monoisotopic (exact) mass is 324 g/mol. The van der Waals surface area contributed by atoms with Gasteiger partial charge in [0.1, 0.15) is 0 Å². The lowest BCUT2D eigenvalue weighted by Crippen LogP contribution is -2.39. The Morgan fingerprint density at radius 3 is 2.84 bits per heavy atom. The number of nitrogens with one attached hydrogen (secondary N) is 2. The van der Waals surface area contributed by atoms with Crippen molar-refractivity contribution in [3.8, 4) is 0 Å². The van der Waals surface area contributed by atoms with Crippen molar-refractivity contribution in [3.63, 3.8) is 0 Å². The summed E-state index contributed by atoms with van der Waals surface area (Å²) in [7, 11) is 0. The first-order chi connectivity index (χ1) is 9.15. The molecule has 3 nitrogen and oxygen atoms in total. The first-order valence-electron chi connectivity index (χ1n) is 6.93. The van der Waals surface area contributed by atoms with Gasteiger partial charge >= 0.3 is 0 Å². The molecule has 0 spiro atoms. The molecule has 0 bridgehead atoms. The van der Waals surface area contributed by atoms with Crippen LogP contribution in [0.2, 0.25) is 0 Å². The van der Waals surface area contributed by atoms with Gasteiger partial charge in [0.2, 0.25) is 5.91 Å². The maximum Gasteiger partial charge on any atom is 0.234 e. The average molecular weight is 325 g/mol. The summed E-state index contributed by atoms with van der Waals surface area (Å²) in [5.74, 6) is 0.0689. The summed E-state index contributed by atoms with van der Waals surface area (Å²) in [6.45, 7) is 2.43. The van der Waals surface area contributed by atoms with Crippen LogP contribution in [0.5, 0.6) is 0 Å². The third-order valence-corrected chi connectivity index (χ3v) is 4.13. The van der Waals surface area contributed by atoms with Crippen LogP contribution in [0.4, 0.5) is 0 Å². The zero-order valence-corrected chi connectivity index (χ0v) is 12.9. The number of hydrogen-bond donors (Lipinski definition) is 2. The van der Waals surface area contributed by atoms with E-state index in [1.165, 1.54) is 25.7 Å². The number of benzene rings is 1. The fourth-order valence-electron chi connectivity index (χ4n) is 2.52. The molecule has 0 aromatic heterocycles. The molecule has 1 aliphatic rings. The highest BCUT2D eigenvalue weighted by molar-refractivity contribution is 9.10. The molecular weight excluding hydrogens is 304 g/mol. The lowest BCUT2D eigenvalue weighted by molar-refractivity contribution is -0.121. The van der Waals surface area contributed by atoms with Gasteiger partial charge in [0, 0.05) is 10.5 Å². The molecule has 0 saturated heterocycles. The predicted octanol–water partition coefficient (Wildman–Crippen LogP) is 3.16. The molecule has 0 aliphatic heterocycles. The molecule has 0 radical (unpaired) electrons. The van der Waals surface area contributed by atoms with E-state index in [9.17, 15) is 4.79 Å². The molecule has 0 unspecified atom stereocenters. The first kappa shape index (κ1) is 14.5. The molecule has 0 heterocycles. The number of carbonyl (C=O) groups is 1. The molecule has 1 atom stereocenters. The lowest BCUT2D eigenvalue weighted by atomic mass is 10.1. The molecular formula is C15H21BrN2O. The number of hydrogen-bond acceptors (Lipinski definition) is 2. The zero-order valence-electron chi connectivity index (χ0n) is 11.3. The van der Waals surface area contributed by atoms with Crippen LogP contribution in [0, 0.1) is 0 Å². The molecule has 1 aromatic rings. The Balaban J connectivity index is 1.77. The quantitative estimate of drug-likeness (QED) is 0.873. The van der Waals surface area contributed by atoms with Crippen molar-refractivity contribution in [3.05, 3.63) is 34.3 Å². The minimum absolute atomic E-state index is 0.0374. The van der Waals surface area contributed by atoms with Crippen molar-refractivity contribution < 1.29 is 4.79 Å². The van der Waals surface area contributed by atoms with Crippen molar-refractivity contribution in [2.45, 2.75) is 44.7 Å². The van der Waals surface area contributed by atoms with E-state index in [2.05, 4.69) is 26.6 Å². The summed E-state index contributed by atoms with van der Waals surface area (Å²) in [6.07, 6.45) is 4.98. The van der Waals surface area contributed by atoms with Crippen LogP contribution in [0.25, 0.3) is 0 Å². The molecule has 19 heavy (non-hydrogen) atoms. The topological polar surface area (TPSA) is 41.1 Å². The highest BCUT2D eigenvalue weighted by atomic mass is 79.9. The second-order valence-electron chi connectivity index (χ2n) is 5.21. The van der Waals surface area contributed by atoms with Crippen LogP contribution in [-0.2, 0) is 4.79 Å². The Labute approximate surface area is 123 Å². The van der Waals surface area contributed by atoms with Crippen molar-refractivity contribution >= 4 is 21.8 Å². The van der Waals surface area contributed by atoms with Crippen LogP contribution < -0.4 is 10.6 Å². The standard InChI is InChI=1S/C15H21BrN2O/c1-11(12-5-4-6-13(16)9-12)18-15(19)10-17-14-7-2-3-8-14/h4-6,9,11,14,17H,2-3,7-8,10H2,1H3,(H,18,19)/t11-/m1/s1. The molecule has 2 rings (SSSR count). The molecule has 4 heteroatoms. The van der Waals surface area contributed by atoms with Crippen molar-refractivity contribution in [1.82, 2.24) is 10.6 Å². The first-order valence-corrected chi connectivity index (χ1v) is 7.72. The third kappa shape index (κ3) is 4.62. The maximum atomic E-state index is 11.9. The fourth-order valence-corrected chi connectivity index (χ4v) is 2.94. The van der Waals surface area contributed by atoms with Crippen LogP contribution >= 0.6 is 15.9 Å². The maximum absolute atomic E-state index is 11.9. The van der Waals surface area contributed by atoms with E-state index in [1.807, 2.05) is 31.2 Å². The van der Waals surface area contributed by atoms with E-state index >= 15 is 0 Å². The highest BCUT2D eigenvalue weighted by Crippen LogP contribution is 2.18. The largest absolute Gasteiger partial charge is 0.348 e. The van der Waals surface area contributed by atoms with Gasteiger partial charge in [0.15, 0.2) is 0 Å². The summed E-state index contributed by atoms with van der Waals surface area (Å²) < 4.78 is 1.04. The van der Waals surface area contributed by atoms with E-state index < -0.39 is 0 Å². The molecule has 1 fully saturated rings. The Kier molecular flexibility index (Phi) is 5.40. The van der Waals surface area contributed by atoms with Crippen LogP contribution in [0.1, 0.15) is 44.2 Å². The zero-order chi connectivity index (χ0) is 13.7. The van der Waals surface area contributed by atoms with E-state index in [-0.39, 0.29) is 11.9 Å². The van der Waals surface area contributed by atoms with Crippen LogP contribution in [0.15, 0.2) is 28.7 Å². The predicted molar refractivity (Wildman–Crippen MR) is 81.0 cm³/mol. The Bertz CT molecular complexity index is 430. The third-order valence-electron chi connectivity index (χ3n) is 3.63. The van der Waals surface area contributed by atoms with E-state index in [0.717, 1.165) is 10.0 Å². The van der Waals surface area contributed by atoms with Gasteiger partial charge in [-0.05, 0) is 37.5 Å². The summed E-state index contributed by atoms with van der Waals surface area (Å²) >= 11 is 3.45. The number of amides is 1. The average Bonchev–Trinajstić information content (AvgIpc) is 2.89. The van der Waals surface area contributed by atoms with E-state index in [4.69, 9.17) is 0 Å². The van der Waals surface area contributed by atoms with Gasteiger partial charge < -0.3 is 10.6 Å². The molecule has 1 aliphatic carbocycles. The summed E-state index contributed by atoms with van der Waals surface area (Å²) in [5, 5.41) is 6.35. The second kappa shape index (κ2) is 7.06. The minimum atomic E-state index is 0.0374. The summed E-state index contributed by atoms with van der Waals surface area (Å²) in [6, 6.07) is 8.61. The summed E-state index contributed by atoms with van der Waals surface area (Å²) in [4.78, 5) is 11.9. The lowest BCUT2D eigenvalue weighted by Gasteiger charge is -2.16. The van der Waals surface area contributed by atoms with Gasteiger partial charge in [-0.1, -0.05) is 40.9 Å². The van der Waals surface area contributed by atoms with Crippen molar-refractivity contribution in [1.29, 1.82) is 0 Å². The van der Waals surface area contributed by atoms with Gasteiger partial charge in [0.25, 0.3) is 0 Å². The highest BCUT2D eigenvalue weighted by Gasteiger charge is 2.16. The van der Waals surface area contributed by atoms with Crippen molar-refractivity contribution in [2.75, 3.05) is 6.54 Å². The van der Waals surface area contributed by atoms with Crippen LogP contribution in [0.3, 0.4) is 0 Å². The second-order valence-corrected chi connectivity index (χ2v) is 6.12. The molecule has 1 aromatic carbocycles. The van der Waals surface area contributed by atoms with Gasteiger partial charge in [-0.25, -0.2) is 0 Å². The normalized spacial score (nSPS) is 17.4. The Hall–Kier alpha value is -0.870. The molecule has 2 N–H and O–H groups in total. The minimum Gasteiger partial charge on any atom is -0.348 e. The number of carbonyl (C=O) groups excluding carboxylic acids is 1. The fraction of sp³-hybridized carbons (Fsp3) is 0.533. The summed E-state index contributed by atoms with van der Waals surface area (Å²) in [5.41, 5.74) is 1.11. The Morgan fingerprint density at radius 2 is 2.16 bits per heavy atom. The SMILES string of the molecule is C[C@@H](NC(=O)CNC1CCCC1)c1cccc(Br)c1. The van der Waals surface area contributed by atoms with Crippen molar-refractivity contribution in [2.24, 2.45) is 0 Å². The van der Waals surface area contributed by atoms with Crippen LogP contribution in [-0.4, -0.2) is 18.5 Å². The number of halogens is 1. The van der Waals surface area contributed by atoms with Gasteiger partial charge in [0.05, 0.1) is 12.6 Å². The molecule has 1 saturated carbocycles. The smallest absolute Gasteiger partial charge is 0.234 e. The van der Waals surface area contributed by atoms with E-state index in [0.29, 0.717) is 12.6 Å². The van der Waals surface area contributed by atoms with Gasteiger partial charge in [-0.15, -0.1) is 0 Å². The van der Waals surface area contributed by atoms with E-state index in [1.54, 1.807) is 0 Å². The number of rotatable bonds is 5. The molecule has 1 amide bonds. The van der Waals surface area contributed by atoms with Gasteiger partial charge in [-0.2, -0.15) is 0 Å². The molecule has 104 valence electrons. The Morgan fingerprint density at radius 1 is 1.42 bits per heavy atom. The van der Waals surface area contributed by atoms with Gasteiger partial charge in [-0.3, -0.25) is 4.79 Å².